The van der Waals surface area contributed by atoms with Crippen molar-refractivity contribution in [2.45, 2.75) is 13.8 Å². The summed E-state index contributed by atoms with van der Waals surface area (Å²) in [4.78, 5) is 23.6. The van der Waals surface area contributed by atoms with E-state index in [1.54, 1.807) is 12.1 Å². The minimum atomic E-state index is -3.20. The molecule has 0 unspecified atom stereocenters. The van der Waals surface area contributed by atoms with Gasteiger partial charge in [-0.3, -0.25) is 4.79 Å². The zero-order valence-corrected chi connectivity index (χ0v) is 15.7. The van der Waals surface area contributed by atoms with Crippen molar-refractivity contribution in [1.29, 1.82) is 0 Å². The second-order valence-corrected chi connectivity index (χ2v) is 8.11. The van der Waals surface area contributed by atoms with Gasteiger partial charge in [0.25, 0.3) is 5.91 Å². The molecule has 0 atom stereocenters. The van der Waals surface area contributed by atoms with E-state index in [0.29, 0.717) is 17.0 Å². The monoisotopic (exact) mass is 371 g/mol. The van der Waals surface area contributed by atoms with Gasteiger partial charge in [0.1, 0.15) is 5.75 Å². The highest BCUT2D eigenvalue weighted by atomic mass is 32.2. The van der Waals surface area contributed by atoms with Gasteiger partial charge >= 0.3 is 6.03 Å². The molecule has 3 N–H and O–H groups in total. The third-order valence-electron chi connectivity index (χ3n) is 3.22. The first kappa shape index (κ1) is 20.8. The van der Waals surface area contributed by atoms with E-state index in [0.717, 1.165) is 0 Å². The summed E-state index contributed by atoms with van der Waals surface area (Å²) in [6.07, 6.45) is 0. The summed E-state index contributed by atoms with van der Waals surface area (Å²) in [6.45, 7) is 3.64. The molecule has 9 heteroatoms. The molecule has 0 saturated heterocycles. The number of urea groups is 1. The van der Waals surface area contributed by atoms with Crippen LogP contribution in [0.5, 0.6) is 5.75 Å². The van der Waals surface area contributed by atoms with Crippen LogP contribution >= 0.6 is 0 Å². The van der Waals surface area contributed by atoms with Crippen molar-refractivity contribution in [3.05, 3.63) is 23.8 Å². The fourth-order valence-corrected chi connectivity index (χ4v) is 3.76. The molecule has 8 nitrogen and oxygen atoms in total. The number of hydrogen-bond donors (Lipinski definition) is 3. The molecule has 0 aliphatic heterocycles. The molecule has 1 aromatic rings. The van der Waals surface area contributed by atoms with Gasteiger partial charge in [-0.05, 0) is 24.1 Å². The van der Waals surface area contributed by atoms with Crippen LogP contribution in [0.25, 0.3) is 0 Å². The van der Waals surface area contributed by atoms with Crippen LogP contribution in [0.2, 0.25) is 0 Å². The summed E-state index contributed by atoms with van der Waals surface area (Å²) in [5.74, 6) is 0.0726. The number of ether oxygens (including phenoxy) is 1. The van der Waals surface area contributed by atoms with Crippen LogP contribution in [0, 0.1) is 5.92 Å². The zero-order chi connectivity index (χ0) is 19.0. The molecule has 25 heavy (non-hydrogen) atoms. The van der Waals surface area contributed by atoms with Gasteiger partial charge in [-0.25, -0.2) is 13.2 Å². The first-order chi connectivity index (χ1) is 11.7. The molecule has 0 radical (unpaired) electrons. The summed E-state index contributed by atoms with van der Waals surface area (Å²) < 4.78 is 28.7. The van der Waals surface area contributed by atoms with E-state index in [2.05, 4.69) is 16.0 Å². The standard InChI is InChI=1S/C16H25N3O5S/c1-11(2)10-25(22,23)8-7-18-16(21)19-13-9-12(15(20)17-3)5-6-14(13)24-4/h5-6,9,11H,7-8,10H2,1-4H3,(H,17,20)(H2,18,19,21). The van der Waals surface area contributed by atoms with Gasteiger partial charge in [-0.1, -0.05) is 13.8 Å². The zero-order valence-electron chi connectivity index (χ0n) is 14.9. The second-order valence-electron chi connectivity index (χ2n) is 5.88. The summed E-state index contributed by atoms with van der Waals surface area (Å²) >= 11 is 0. The first-order valence-corrected chi connectivity index (χ1v) is 9.66. The lowest BCUT2D eigenvalue weighted by Gasteiger charge is -2.13. The van der Waals surface area contributed by atoms with Crippen LogP contribution in [0.15, 0.2) is 18.2 Å². The Labute approximate surface area is 148 Å². The highest BCUT2D eigenvalue weighted by Gasteiger charge is 2.15. The molecule has 0 bridgehead atoms. The Morgan fingerprint density at radius 1 is 1.24 bits per heavy atom. The van der Waals surface area contributed by atoms with E-state index in [9.17, 15) is 18.0 Å². The minimum Gasteiger partial charge on any atom is -0.495 e. The largest absolute Gasteiger partial charge is 0.495 e. The lowest BCUT2D eigenvalue weighted by atomic mass is 10.1. The molecule has 0 heterocycles. The van der Waals surface area contributed by atoms with Gasteiger partial charge in [-0.15, -0.1) is 0 Å². The van der Waals surface area contributed by atoms with Crippen LogP contribution in [-0.4, -0.2) is 52.6 Å². The predicted octanol–water partition coefficient (Wildman–Crippen LogP) is 1.25. The summed E-state index contributed by atoms with van der Waals surface area (Å²) in [7, 11) is -0.259. The minimum absolute atomic E-state index is 0.00165. The van der Waals surface area contributed by atoms with Crippen LogP contribution in [-0.2, 0) is 9.84 Å². The second kappa shape index (κ2) is 9.26. The highest BCUT2D eigenvalue weighted by Crippen LogP contribution is 2.25. The van der Waals surface area contributed by atoms with Crippen molar-refractivity contribution in [2.75, 3.05) is 37.5 Å². The van der Waals surface area contributed by atoms with Gasteiger partial charge in [0.2, 0.25) is 0 Å². The molecule has 0 spiro atoms. The summed E-state index contributed by atoms with van der Waals surface area (Å²) in [6, 6.07) is 4.03. The van der Waals surface area contributed by atoms with Crippen LogP contribution in [0.4, 0.5) is 10.5 Å². The Morgan fingerprint density at radius 2 is 1.92 bits per heavy atom. The Kier molecular flexibility index (Phi) is 7.69. The smallest absolute Gasteiger partial charge is 0.319 e. The van der Waals surface area contributed by atoms with Crippen LogP contribution < -0.4 is 20.7 Å². The van der Waals surface area contributed by atoms with Crippen molar-refractivity contribution in [3.8, 4) is 5.75 Å². The topological polar surface area (TPSA) is 114 Å². The first-order valence-electron chi connectivity index (χ1n) is 7.84. The molecule has 140 valence electrons. The van der Waals surface area contributed by atoms with Crippen molar-refractivity contribution >= 4 is 27.5 Å². The number of anilines is 1. The SMILES string of the molecule is CNC(=O)c1ccc(OC)c(NC(=O)NCCS(=O)(=O)CC(C)C)c1. The Morgan fingerprint density at radius 3 is 2.48 bits per heavy atom. The van der Waals surface area contributed by atoms with Crippen LogP contribution in [0.1, 0.15) is 24.2 Å². The van der Waals surface area contributed by atoms with Crippen LogP contribution in [0.3, 0.4) is 0 Å². The van der Waals surface area contributed by atoms with E-state index in [-0.39, 0.29) is 29.9 Å². The number of benzene rings is 1. The summed E-state index contributed by atoms with van der Waals surface area (Å²) in [5, 5.41) is 7.54. The molecule has 0 saturated carbocycles. The Bertz CT molecular complexity index is 716. The van der Waals surface area contributed by atoms with E-state index >= 15 is 0 Å². The molecular weight excluding hydrogens is 346 g/mol. The number of amides is 3. The van der Waals surface area contributed by atoms with Gasteiger partial charge in [0, 0.05) is 19.2 Å². The van der Waals surface area contributed by atoms with Crippen molar-refractivity contribution in [3.63, 3.8) is 0 Å². The fraction of sp³-hybridized carbons (Fsp3) is 0.500. The number of methoxy groups -OCH3 is 1. The number of hydrogen-bond acceptors (Lipinski definition) is 5. The summed E-state index contributed by atoms with van der Waals surface area (Å²) in [5.41, 5.74) is 0.671. The molecule has 1 aromatic carbocycles. The number of rotatable bonds is 8. The molecule has 1 rings (SSSR count). The molecule has 0 aliphatic rings. The predicted molar refractivity (Wildman–Crippen MR) is 96.9 cm³/mol. The van der Waals surface area contributed by atoms with E-state index in [4.69, 9.17) is 4.74 Å². The van der Waals surface area contributed by atoms with E-state index in [1.807, 2.05) is 13.8 Å². The van der Waals surface area contributed by atoms with Gasteiger partial charge in [-0.2, -0.15) is 0 Å². The van der Waals surface area contributed by atoms with Crippen molar-refractivity contribution in [2.24, 2.45) is 5.92 Å². The molecule has 0 fully saturated rings. The average Bonchev–Trinajstić information content (AvgIpc) is 2.52. The molecule has 0 aromatic heterocycles. The average molecular weight is 371 g/mol. The number of carbonyl (C=O) groups is 2. The molecule has 0 aliphatic carbocycles. The van der Waals surface area contributed by atoms with E-state index in [1.165, 1.54) is 20.2 Å². The fourth-order valence-electron chi connectivity index (χ4n) is 2.17. The maximum atomic E-state index is 12.0. The van der Waals surface area contributed by atoms with Crippen molar-refractivity contribution < 1.29 is 22.7 Å². The van der Waals surface area contributed by atoms with E-state index < -0.39 is 15.9 Å². The maximum Gasteiger partial charge on any atom is 0.319 e. The normalized spacial score (nSPS) is 11.1. The van der Waals surface area contributed by atoms with Gasteiger partial charge < -0.3 is 20.7 Å². The Hall–Kier alpha value is -2.29. The van der Waals surface area contributed by atoms with Crippen molar-refractivity contribution in [1.82, 2.24) is 10.6 Å². The lowest BCUT2D eigenvalue weighted by Crippen LogP contribution is -2.34. The Balaban J connectivity index is 2.69. The third kappa shape index (κ3) is 7.00. The van der Waals surface area contributed by atoms with Gasteiger partial charge in [0.05, 0.1) is 24.3 Å². The number of sulfone groups is 1. The highest BCUT2D eigenvalue weighted by molar-refractivity contribution is 7.91. The quantitative estimate of drug-likeness (QED) is 0.636. The maximum absolute atomic E-state index is 12.0. The molecular formula is C16H25N3O5S. The number of carbonyl (C=O) groups excluding carboxylic acids is 2. The molecule has 3 amide bonds. The number of nitrogens with one attached hydrogen (secondary N) is 3. The van der Waals surface area contributed by atoms with Gasteiger partial charge in [0.15, 0.2) is 9.84 Å². The third-order valence-corrected chi connectivity index (χ3v) is 5.22. The lowest BCUT2D eigenvalue weighted by molar-refractivity contribution is 0.0963.